The van der Waals surface area contributed by atoms with E-state index >= 15 is 0 Å². The molecule has 0 saturated carbocycles. The van der Waals surface area contributed by atoms with Gasteiger partial charge in [0, 0.05) is 11.1 Å². The van der Waals surface area contributed by atoms with Crippen LogP contribution in [0.2, 0.25) is 0 Å². The van der Waals surface area contributed by atoms with E-state index in [-0.39, 0.29) is 11.8 Å². The second-order valence-corrected chi connectivity index (χ2v) is 10.7. The van der Waals surface area contributed by atoms with Crippen molar-refractivity contribution in [2.24, 2.45) is 4.99 Å². The molecule has 0 radical (unpaired) electrons. The van der Waals surface area contributed by atoms with Crippen molar-refractivity contribution in [3.05, 3.63) is 69.6 Å². The number of amides is 1. The Morgan fingerprint density at radius 3 is 2.14 bits per heavy atom. The zero-order valence-corrected chi connectivity index (χ0v) is 25.3. The highest BCUT2D eigenvalue weighted by Crippen LogP contribution is 2.26. The summed E-state index contributed by atoms with van der Waals surface area (Å²) in [5, 5.41) is 11.5. The predicted octanol–water partition coefficient (Wildman–Crippen LogP) is 3.77. The number of carbonyl (C=O) groups is 1. The van der Waals surface area contributed by atoms with Crippen LogP contribution in [0.5, 0.6) is 0 Å². The third-order valence-electron chi connectivity index (χ3n) is 5.38. The minimum atomic E-state index is -4.64. The van der Waals surface area contributed by atoms with Crippen LogP contribution in [0.4, 0.5) is 5.88 Å². The van der Waals surface area contributed by atoms with Gasteiger partial charge in [0.1, 0.15) is 10.7 Å². The first-order valence-corrected chi connectivity index (χ1v) is 15.7. The number of phosphoric acid groups is 2. The first kappa shape index (κ1) is 37.6. The number of aromatic nitrogens is 1. The number of rotatable bonds is 10. The van der Waals surface area contributed by atoms with Gasteiger partial charge >= 0.3 is 21.5 Å². The fourth-order valence-corrected chi connectivity index (χ4v) is 3.54. The molecule has 3 rings (SSSR count). The Hall–Kier alpha value is -3.43. The summed E-state index contributed by atoms with van der Waals surface area (Å²) in [4.78, 5) is 77.6. The Morgan fingerprint density at radius 1 is 1.02 bits per heavy atom. The van der Waals surface area contributed by atoms with Gasteiger partial charge in [-0.05, 0) is 69.8 Å². The lowest BCUT2D eigenvalue weighted by molar-refractivity contribution is -0.402. The number of nitrogens with zero attached hydrogens (tertiary/aromatic N) is 4. The molecule has 3 aromatic rings. The van der Waals surface area contributed by atoms with Crippen molar-refractivity contribution in [1.29, 1.82) is 0 Å². The molecule has 0 saturated heterocycles. The first-order chi connectivity index (χ1) is 19.9. The van der Waals surface area contributed by atoms with Gasteiger partial charge < -0.3 is 38.7 Å². The van der Waals surface area contributed by atoms with Gasteiger partial charge in [-0.15, -0.1) is 0 Å². The molecule has 0 aliphatic carbocycles. The van der Waals surface area contributed by atoms with Gasteiger partial charge in [0.15, 0.2) is 0 Å². The van der Waals surface area contributed by atoms with E-state index in [1.54, 1.807) is 18.2 Å². The summed E-state index contributed by atoms with van der Waals surface area (Å²) in [6.07, 6.45) is 4.95. The molecule has 0 atom stereocenters. The highest BCUT2D eigenvalue weighted by molar-refractivity contribution is 7.45. The zero-order chi connectivity index (χ0) is 32.8. The van der Waals surface area contributed by atoms with E-state index in [1.807, 2.05) is 31.2 Å². The molecule has 1 aromatic carbocycles. The summed E-state index contributed by atoms with van der Waals surface area (Å²) in [7, 11) is -9.28. The fraction of sp³-hybridized carbons (Fsp3) is 0.320. The largest absolute Gasteiger partial charge is 0.466 e. The fourth-order valence-electron chi connectivity index (χ4n) is 3.54. The number of hydrogen-bond donors (Lipinski definition) is 6. The maximum Gasteiger partial charge on any atom is 0.466 e. The average Bonchev–Trinajstić information content (AvgIpc) is 3.37. The number of aliphatic imine (C=N–C) groups is 1. The minimum absolute atomic E-state index is 0.308. The summed E-state index contributed by atoms with van der Waals surface area (Å²) >= 11 is 0. The monoisotopic (exact) mass is 644 g/mol. The van der Waals surface area contributed by atoms with Crippen LogP contribution in [-0.4, -0.2) is 75.4 Å². The normalized spacial score (nSPS) is 12.1. The number of fused-ring (bicyclic) bond motifs is 1. The van der Waals surface area contributed by atoms with Gasteiger partial charge in [0.2, 0.25) is 0 Å². The van der Waals surface area contributed by atoms with Crippen LogP contribution in [0.25, 0.3) is 23.1 Å². The molecule has 18 heteroatoms. The lowest BCUT2D eigenvalue weighted by atomic mass is 10.1. The van der Waals surface area contributed by atoms with Gasteiger partial charge in [0.25, 0.3) is 5.91 Å². The molecule has 0 fully saturated rings. The molecule has 6 N–H and O–H groups in total. The van der Waals surface area contributed by atoms with Gasteiger partial charge in [0.05, 0.1) is 22.8 Å². The summed E-state index contributed by atoms with van der Waals surface area (Å²) in [5.41, 5.74) is 2.47. The third-order valence-corrected chi connectivity index (χ3v) is 5.38. The van der Waals surface area contributed by atoms with Gasteiger partial charge in [-0.3, -0.25) is 14.9 Å². The van der Waals surface area contributed by atoms with Crippen LogP contribution < -0.4 is 0 Å². The van der Waals surface area contributed by atoms with E-state index < -0.39 is 20.6 Å². The van der Waals surface area contributed by atoms with E-state index in [2.05, 4.69) is 28.7 Å². The molecule has 0 bridgehead atoms. The molecular weight excluding hydrogens is 610 g/mol. The van der Waals surface area contributed by atoms with Crippen molar-refractivity contribution in [2.75, 3.05) is 19.6 Å². The van der Waals surface area contributed by atoms with Gasteiger partial charge in [-0.25, -0.2) is 19.1 Å². The Bertz CT molecular complexity index is 1490. The topological polar surface area (TPSA) is 257 Å². The van der Waals surface area contributed by atoms with E-state index in [0.29, 0.717) is 22.5 Å². The molecular formula is C25H34N4O12P2. The second kappa shape index (κ2) is 17.6. The molecule has 0 aliphatic heterocycles. The second-order valence-electron chi connectivity index (χ2n) is 8.69. The molecule has 43 heavy (non-hydrogen) atoms. The Kier molecular flexibility index (Phi) is 15.4. The van der Waals surface area contributed by atoms with Crippen LogP contribution in [0.3, 0.4) is 0 Å². The molecule has 2 aromatic heterocycles. The summed E-state index contributed by atoms with van der Waals surface area (Å²) in [5.74, 6) is -0.313. The number of para-hydroxylation sites is 1. The van der Waals surface area contributed by atoms with Crippen molar-refractivity contribution in [1.82, 2.24) is 9.88 Å². The highest BCUT2D eigenvalue weighted by atomic mass is 31.2. The van der Waals surface area contributed by atoms with Crippen molar-refractivity contribution >= 4 is 56.2 Å². The Balaban J connectivity index is 0.000000798. The summed E-state index contributed by atoms with van der Waals surface area (Å²) in [6.45, 7) is 9.16. The van der Waals surface area contributed by atoms with Crippen LogP contribution in [0.15, 0.2) is 51.9 Å². The summed E-state index contributed by atoms with van der Waals surface area (Å²) in [6, 6.07) is 11.9. The number of furan rings is 1. The third kappa shape index (κ3) is 16.7. The quantitative estimate of drug-likeness (QED) is 0.0795. The predicted molar refractivity (Wildman–Crippen MR) is 159 cm³/mol. The zero-order valence-electron chi connectivity index (χ0n) is 23.5. The number of nitro groups is 1. The van der Waals surface area contributed by atoms with Crippen molar-refractivity contribution < 1.29 is 52.6 Å². The average molecular weight is 645 g/mol. The standard InChI is InChI=1S/C25H28N4O4.2H3O4P/c1-4-28(5-2)16-8-9-18(3)26-25(30)22-17-19(27-23-11-7-6-10-21(22)23)12-13-20-14-15-24(33-20)29(31)32;2*1-5(2,3)4/h6-7,10-15,17H,4-5,8-9,16H2,1-3H3;2*(H3,1,2,3,4). The maximum atomic E-state index is 13.0. The number of pyridine rings is 1. The lowest BCUT2D eigenvalue weighted by Crippen LogP contribution is -2.24. The van der Waals surface area contributed by atoms with Crippen molar-refractivity contribution in [3.63, 3.8) is 0 Å². The molecule has 0 spiro atoms. The van der Waals surface area contributed by atoms with Crippen LogP contribution in [-0.2, 0) is 9.13 Å². The number of benzene rings is 1. The molecule has 16 nitrogen and oxygen atoms in total. The van der Waals surface area contributed by atoms with Crippen LogP contribution in [0, 0.1) is 10.1 Å². The van der Waals surface area contributed by atoms with Crippen LogP contribution in [0.1, 0.15) is 55.4 Å². The van der Waals surface area contributed by atoms with E-state index in [0.717, 1.165) is 43.6 Å². The molecule has 0 unspecified atom stereocenters. The van der Waals surface area contributed by atoms with Gasteiger partial charge in [-0.1, -0.05) is 32.0 Å². The summed E-state index contributed by atoms with van der Waals surface area (Å²) < 4.78 is 22.9. The van der Waals surface area contributed by atoms with Gasteiger partial charge in [-0.2, -0.15) is 0 Å². The maximum absolute atomic E-state index is 13.0. The molecule has 236 valence electrons. The molecule has 2 heterocycles. The van der Waals surface area contributed by atoms with Crippen LogP contribution >= 0.6 is 15.6 Å². The molecule has 0 aliphatic rings. The number of hydrogen-bond acceptors (Lipinski definition) is 8. The SMILES string of the molecule is CCN(CC)CCCC(C)=NC(=O)c1cc(C=Cc2ccc([N+](=O)[O-])o2)nc2ccccc12.O=P(O)(O)O.O=P(O)(O)O. The Morgan fingerprint density at radius 2 is 1.60 bits per heavy atom. The highest BCUT2D eigenvalue weighted by Gasteiger charge is 2.13. The van der Waals surface area contributed by atoms with Crippen molar-refractivity contribution in [3.8, 4) is 0 Å². The Labute approximate surface area is 246 Å². The van der Waals surface area contributed by atoms with E-state index in [9.17, 15) is 14.9 Å². The first-order valence-electron chi connectivity index (χ1n) is 12.6. The number of carbonyl (C=O) groups excluding carboxylic acids is 1. The smallest absolute Gasteiger partial charge is 0.401 e. The minimum Gasteiger partial charge on any atom is -0.401 e. The molecule has 1 amide bonds. The van der Waals surface area contributed by atoms with Crippen molar-refractivity contribution in [2.45, 2.75) is 33.6 Å². The van der Waals surface area contributed by atoms with E-state index in [4.69, 9.17) is 42.9 Å². The lowest BCUT2D eigenvalue weighted by Gasteiger charge is -2.17. The van der Waals surface area contributed by atoms with E-state index in [1.165, 1.54) is 12.1 Å².